The summed E-state index contributed by atoms with van der Waals surface area (Å²) in [7, 11) is -1.52. The monoisotopic (exact) mass is 410 g/mol. The van der Waals surface area contributed by atoms with E-state index in [1.165, 1.54) is 6.26 Å². The molecule has 7 heteroatoms. The van der Waals surface area contributed by atoms with E-state index >= 15 is 0 Å². The zero-order chi connectivity index (χ0) is 19.3. The van der Waals surface area contributed by atoms with Gasteiger partial charge in [-0.3, -0.25) is 4.79 Å². The van der Waals surface area contributed by atoms with Crippen molar-refractivity contribution in [3.63, 3.8) is 0 Å². The minimum absolute atomic E-state index is 0. The molecule has 148 valence electrons. The number of aryl methyl sites for hydroxylation is 1. The van der Waals surface area contributed by atoms with Crippen LogP contribution in [0.5, 0.6) is 0 Å². The van der Waals surface area contributed by atoms with E-state index in [-0.39, 0.29) is 29.1 Å². The molecular formula is C20H27ClN2O3S. The van der Waals surface area contributed by atoms with E-state index in [4.69, 9.17) is 0 Å². The zero-order valence-electron chi connectivity index (χ0n) is 16.0. The number of carbonyl (C=O) groups excluding carboxylic acids is 1. The Balaban J connectivity index is 0.00000364. The molecule has 0 saturated carbocycles. The maximum Gasteiger partial charge on any atom is 0.224 e. The Hall–Kier alpha value is -1.89. The van der Waals surface area contributed by atoms with Crippen LogP contribution in [0.2, 0.25) is 0 Å². The first-order chi connectivity index (χ1) is 12.2. The van der Waals surface area contributed by atoms with Gasteiger partial charge in [0.05, 0.1) is 10.9 Å². The smallest absolute Gasteiger partial charge is 0.224 e. The van der Waals surface area contributed by atoms with Gasteiger partial charge >= 0.3 is 0 Å². The van der Waals surface area contributed by atoms with Crippen molar-refractivity contribution in [2.75, 3.05) is 19.8 Å². The third-order valence-corrected chi connectivity index (χ3v) is 5.38. The fourth-order valence-corrected chi connectivity index (χ4v) is 3.40. The molecule has 0 bridgehead atoms. The van der Waals surface area contributed by atoms with Gasteiger partial charge in [0.15, 0.2) is 9.84 Å². The quantitative estimate of drug-likeness (QED) is 0.735. The lowest BCUT2D eigenvalue weighted by atomic mass is 9.97. The van der Waals surface area contributed by atoms with Crippen LogP contribution in [0.1, 0.15) is 29.7 Å². The van der Waals surface area contributed by atoms with Crippen LogP contribution in [-0.2, 0) is 14.6 Å². The largest absolute Gasteiger partial charge is 0.345 e. The van der Waals surface area contributed by atoms with E-state index in [1.54, 1.807) is 25.2 Å². The first kappa shape index (κ1) is 23.1. The third kappa shape index (κ3) is 6.34. The summed E-state index contributed by atoms with van der Waals surface area (Å²) in [6, 6.07) is 14.2. The van der Waals surface area contributed by atoms with Crippen molar-refractivity contribution in [3.8, 4) is 0 Å². The molecule has 0 heterocycles. The molecular weight excluding hydrogens is 384 g/mol. The van der Waals surface area contributed by atoms with E-state index in [9.17, 15) is 13.2 Å². The highest BCUT2D eigenvalue weighted by molar-refractivity contribution is 7.90. The molecule has 0 aliphatic rings. The van der Waals surface area contributed by atoms with Crippen molar-refractivity contribution in [1.29, 1.82) is 0 Å². The lowest BCUT2D eigenvalue weighted by molar-refractivity contribution is -0.124. The van der Waals surface area contributed by atoms with Crippen molar-refractivity contribution in [2.24, 2.45) is 5.92 Å². The minimum atomic E-state index is -3.32. The van der Waals surface area contributed by atoms with E-state index in [2.05, 4.69) is 10.6 Å². The van der Waals surface area contributed by atoms with Gasteiger partial charge in [-0.1, -0.05) is 48.9 Å². The molecule has 0 aromatic heterocycles. The molecule has 0 radical (unpaired) electrons. The van der Waals surface area contributed by atoms with Crippen LogP contribution >= 0.6 is 12.4 Å². The first-order valence-electron chi connectivity index (χ1n) is 8.54. The van der Waals surface area contributed by atoms with Crippen LogP contribution in [0.3, 0.4) is 0 Å². The summed E-state index contributed by atoms with van der Waals surface area (Å²) in [6.45, 7) is 4.41. The van der Waals surface area contributed by atoms with Crippen LogP contribution in [0.25, 0.3) is 0 Å². The second-order valence-electron chi connectivity index (χ2n) is 6.66. The van der Waals surface area contributed by atoms with Crippen molar-refractivity contribution in [3.05, 3.63) is 65.2 Å². The zero-order valence-corrected chi connectivity index (χ0v) is 17.7. The Labute approximate surface area is 167 Å². The van der Waals surface area contributed by atoms with Crippen LogP contribution in [0, 0.1) is 12.8 Å². The van der Waals surface area contributed by atoms with E-state index in [1.807, 2.05) is 44.2 Å². The molecule has 5 nitrogen and oxygen atoms in total. The summed E-state index contributed by atoms with van der Waals surface area (Å²) in [5.74, 6) is -0.291. The molecule has 2 unspecified atom stereocenters. The predicted octanol–water partition coefficient (Wildman–Crippen LogP) is 2.88. The topological polar surface area (TPSA) is 75.3 Å². The fraction of sp³-hybridized carbons (Fsp3) is 0.350. The van der Waals surface area contributed by atoms with Gasteiger partial charge < -0.3 is 10.6 Å². The molecule has 0 saturated heterocycles. The summed E-state index contributed by atoms with van der Waals surface area (Å²) in [6.07, 6.45) is 1.18. The van der Waals surface area contributed by atoms with E-state index in [0.717, 1.165) is 16.7 Å². The van der Waals surface area contributed by atoms with Gasteiger partial charge in [-0.2, -0.15) is 0 Å². The molecule has 0 fully saturated rings. The van der Waals surface area contributed by atoms with Gasteiger partial charge in [-0.05, 0) is 37.2 Å². The highest BCUT2D eigenvalue weighted by Gasteiger charge is 2.21. The second-order valence-corrected chi connectivity index (χ2v) is 8.67. The SMILES string of the molecule is CNCC(C)C(=O)NC(c1ccc(C)cc1)c1cccc(S(C)(=O)=O)c1.Cl. The maximum atomic E-state index is 12.6. The summed E-state index contributed by atoms with van der Waals surface area (Å²) in [5, 5.41) is 6.06. The number of hydrogen-bond donors (Lipinski definition) is 2. The molecule has 2 aromatic rings. The Morgan fingerprint density at radius 3 is 2.26 bits per heavy atom. The summed E-state index contributed by atoms with van der Waals surface area (Å²) in [4.78, 5) is 12.8. The van der Waals surface area contributed by atoms with Crippen molar-refractivity contribution in [1.82, 2.24) is 10.6 Å². The predicted molar refractivity (Wildman–Crippen MR) is 111 cm³/mol. The van der Waals surface area contributed by atoms with Gasteiger partial charge in [0.25, 0.3) is 0 Å². The molecule has 2 aromatic carbocycles. The van der Waals surface area contributed by atoms with E-state index < -0.39 is 15.9 Å². The number of rotatable bonds is 7. The highest BCUT2D eigenvalue weighted by Crippen LogP contribution is 2.25. The molecule has 1 amide bonds. The Bertz CT molecular complexity index is 867. The molecule has 2 atom stereocenters. The number of nitrogens with one attached hydrogen (secondary N) is 2. The van der Waals surface area contributed by atoms with Gasteiger partial charge in [0, 0.05) is 18.7 Å². The van der Waals surface area contributed by atoms with Crippen molar-refractivity contribution < 1.29 is 13.2 Å². The van der Waals surface area contributed by atoms with Gasteiger partial charge in [0.1, 0.15) is 0 Å². The maximum absolute atomic E-state index is 12.6. The number of carbonyl (C=O) groups is 1. The average molecular weight is 411 g/mol. The average Bonchev–Trinajstić information content (AvgIpc) is 2.60. The first-order valence-corrected chi connectivity index (χ1v) is 10.4. The number of sulfone groups is 1. The van der Waals surface area contributed by atoms with Crippen LogP contribution in [-0.4, -0.2) is 34.2 Å². The standard InChI is InChI=1S/C20H26N2O3S.ClH/c1-14-8-10-16(11-9-14)19(22-20(23)15(2)13-21-3)17-6-5-7-18(12-17)26(4,24)25;/h5-12,15,19,21H,13H2,1-4H3,(H,22,23);1H. The van der Waals surface area contributed by atoms with Crippen LogP contribution < -0.4 is 10.6 Å². The summed E-state index contributed by atoms with van der Waals surface area (Å²) < 4.78 is 23.8. The highest BCUT2D eigenvalue weighted by atomic mass is 35.5. The second kappa shape index (κ2) is 9.88. The molecule has 0 aliphatic carbocycles. The number of hydrogen-bond acceptors (Lipinski definition) is 4. The Morgan fingerprint density at radius 1 is 1.07 bits per heavy atom. The molecule has 27 heavy (non-hydrogen) atoms. The van der Waals surface area contributed by atoms with Gasteiger partial charge in [-0.15, -0.1) is 12.4 Å². The fourth-order valence-electron chi connectivity index (χ4n) is 2.73. The van der Waals surface area contributed by atoms with Crippen LogP contribution in [0.15, 0.2) is 53.4 Å². The summed E-state index contributed by atoms with van der Waals surface area (Å²) in [5.41, 5.74) is 2.76. The van der Waals surface area contributed by atoms with Crippen LogP contribution in [0.4, 0.5) is 0 Å². The molecule has 2 N–H and O–H groups in total. The lowest BCUT2D eigenvalue weighted by Crippen LogP contribution is -2.37. The number of halogens is 1. The third-order valence-electron chi connectivity index (χ3n) is 4.27. The molecule has 0 aliphatic heterocycles. The summed E-state index contributed by atoms with van der Waals surface area (Å²) >= 11 is 0. The number of amides is 1. The number of benzene rings is 2. The molecule has 0 spiro atoms. The minimum Gasteiger partial charge on any atom is -0.345 e. The van der Waals surface area contributed by atoms with Crippen molar-refractivity contribution >= 4 is 28.2 Å². The van der Waals surface area contributed by atoms with Gasteiger partial charge in [-0.25, -0.2) is 8.42 Å². The van der Waals surface area contributed by atoms with E-state index in [0.29, 0.717) is 6.54 Å². The Kier molecular flexibility index (Phi) is 8.47. The Morgan fingerprint density at radius 2 is 1.70 bits per heavy atom. The van der Waals surface area contributed by atoms with Crippen molar-refractivity contribution in [2.45, 2.75) is 24.8 Å². The normalized spacial score (nSPS) is 13.3. The molecule has 2 rings (SSSR count). The van der Waals surface area contributed by atoms with Gasteiger partial charge in [0.2, 0.25) is 5.91 Å². The lowest BCUT2D eigenvalue weighted by Gasteiger charge is -2.23.